The highest BCUT2D eigenvalue weighted by molar-refractivity contribution is 14.0. The number of nitrogens with one attached hydrogen (secondary N) is 2. The Bertz CT molecular complexity index is 382. The van der Waals surface area contributed by atoms with Gasteiger partial charge in [0.1, 0.15) is 0 Å². The molecule has 0 aliphatic heterocycles. The van der Waals surface area contributed by atoms with Crippen LogP contribution in [0.4, 0.5) is 0 Å². The van der Waals surface area contributed by atoms with E-state index in [1.165, 1.54) is 16.9 Å². The third kappa shape index (κ3) is 8.06. The Kier molecular flexibility index (Phi) is 12.2. The fourth-order valence-electron chi connectivity index (χ4n) is 1.72. The number of aryl methyl sites for hydroxylation is 1. The highest BCUT2D eigenvalue weighted by Crippen LogP contribution is 2.14. The molecule has 0 radical (unpaired) electrons. The molecule has 116 valence electrons. The Hall–Kier alpha value is -0.340. The number of thiophene rings is 1. The first-order chi connectivity index (χ1) is 9.27. The van der Waals surface area contributed by atoms with Crippen LogP contribution in [0.25, 0.3) is 0 Å². The van der Waals surface area contributed by atoms with Gasteiger partial charge in [-0.15, -0.1) is 35.3 Å². The summed E-state index contributed by atoms with van der Waals surface area (Å²) in [4.78, 5) is 5.59. The average Bonchev–Trinajstić information content (AvgIpc) is 2.83. The van der Waals surface area contributed by atoms with Gasteiger partial charge in [0.2, 0.25) is 0 Å². The zero-order chi connectivity index (χ0) is 13.9. The van der Waals surface area contributed by atoms with E-state index in [0.29, 0.717) is 0 Å². The maximum atomic E-state index is 5.03. The van der Waals surface area contributed by atoms with Crippen molar-refractivity contribution in [1.29, 1.82) is 0 Å². The van der Waals surface area contributed by atoms with Crippen molar-refractivity contribution in [3.05, 3.63) is 21.9 Å². The van der Waals surface area contributed by atoms with E-state index in [1.807, 2.05) is 7.05 Å². The molecule has 2 N–H and O–H groups in total. The number of aliphatic imine (C=N–C) groups is 1. The van der Waals surface area contributed by atoms with Crippen molar-refractivity contribution in [3.8, 4) is 0 Å². The van der Waals surface area contributed by atoms with Gasteiger partial charge in [0, 0.05) is 32.2 Å². The molecular weight excluding hydrogens is 385 g/mol. The van der Waals surface area contributed by atoms with Crippen LogP contribution >= 0.6 is 35.3 Å². The molecule has 0 fully saturated rings. The topological polar surface area (TPSA) is 45.7 Å². The van der Waals surface area contributed by atoms with Gasteiger partial charge in [0.05, 0.1) is 6.54 Å². The molecule has 0 saturated carbocycles. The van der Waals surface area contributed by atoms with Gasteiger partial charge in [0.25, 0.3) is 0 Å². The van der Waals surface area contributed by atoms with E-state index >= 15 is 0 Å². The van der Waals surface area contributed by atoms with E-state index < -0.39 is 0 Å². The molecule has 0 aliphatic carbocycles. The van der Waals surface area contributed by atoms with Gasteiger partial charge in [0.15, 0.2) is 5.96 Å². The van der Waals surface area contributed by atoms with Crippen molar-refractivity contribution in [2.75, 3.05) is 27.3 Å². The summed E-state index contributed by atoms with van der Waals surface area (Å²) in [5.74, 6) is 0.875. The summed E-state index contributed by atoms with van der Waals surface area (Å²) in [5, 5.41) is 8.79. The van der Waals surface area contributed by atoms with Gasteiger partial charge < -0.3 is 15.4 Å². The second-order valence-electron chi connectivity index (χ2n) is 4.43. The summed E-state index contributed by atoms with van der Waals surface area (Å²) in [6, 6.07) is 2.15. The molecule has 6 heteroatoms. The zero-order valence-corrected chi connectivity index (χ0v) is 15.7. The fraction of sp³-hybridized carbons (Fsp3) is 0.643. The first-order valence-corrected chi connectivity index (χ1v) is 7.62. The lowest BCUT2D eigenvalue weighted by molar-refractivity contribution is 0.192. The van der Waals surface area contributed by atoms with E-state index in [9.17, 15) is 0 Å². The summed E-state index contributed by atoms with van der Waals surface area (Å²) < 4.78 is 5.03. The molecule has 0 unspecified atom stereocenters. The predicted molar refractivity (Wildman–Crippen MR) is 98.4 cm³/mol. The van der Waals surface area contributed by atoms with Gasteiger partial charge in [-0.25, -0.2) is 0 Å². The van der Waals surface area contributed by atoms with Crippen LogP contribution in [0.2, 0.25) is 0 Å². The lowest BCUT2D eigenvalue weighted by atomic mass is 10.2. The zero-order valence-electron chi connectivity index (χ0n) is 12.6. The Morgan fingerprint density at radius 1 is 1.30 bits per heavy atom. The molecule has 0 saturated heterocycles. The quantitative estimate of drug-likeness (QED) is 0.299. The number of hydrogen-bond acceptors (Lipinski definition) is 3. The average molecular weight is 411 g/mol. The van der Waals surface area contributed by atoms with E-state index in [2.05, 4.69) is 34.0 Å². The largest absolute Gasteiger partial charge is 0.385 e. The van der Waals surface area contributed by atoms with Crippen LogP contribution < -0.4 is 10.6 Å². The van der Waals surface area contributed by atoms with Crippen LogP contribution in [0.5, 0.6) is 0 Å². The molecule has 1 heterocycles. The van der Waals surface area contributed by atoms with Gasteiger partial charge in [-0.05, 0) is 43.2 Å². The lowest BCUT2D eigenvalue weighted by Gasteiger charge is -2.11. The molecule has 1 aromatic rings. The number of ether oxygens (including phenoxy) is 1. The number of guanidine groups is 1. The second-order valence-corrected chi connectivity index (χ2v) is 5.43. The minimum absolute atomic E-state index is 0. The first-order valence-electron chi connectivity index (χ1n) is 6.74. The van der Waals surface area contributed by atoms with E-state index in [4.69, 9.17) is 4.74 Å². The molecule has 4 nitrogen and oxygen atoms in total. The molecular formula is C14H26IN3OS. The molecule has 0 aliphatic rings. The maximum absolute atomic E-state index is 5.03. The van der Waals surface area contributed by atoms with Crippen LogP contribution in [0.3, 0.4) is 0 Å². The van der Waals surface area contributed by atoms with E-state index in [1.54, 1.807) is 18.4 Å². The van der Waals surface area contributed by atoms with E-state index in [0.717, 1.165) is 38.5 Å². The molecule has 20 heavy (non-hydrogen) atoms. The summed E-state index contributed by atoms with van der Waals surface area (Å²) >= 11 is 1.78. The van der Waals surface area contributed by atoms with Crippen molar-refractivity contribution in [2.24, 2.45) is 4.99 Å². The normalized spacial score (nSPS) is 11.1. The molecule has 0 bridgehead atoms. The summed E-state index contributed by atoms with van der Waals surface area (Å²) in [6.07, 6.45) is 3.45. The number of hydrogen-bond donors (Lipinski definition) is 2. The summed E-state index contributed by atoms with van der Waals surface area (Å²) in [7, 11) is 3.55. The van der Waals surface area contributed by atoms with Crippen molar-refractivity contribution in [1.82, 2.24) is 10.6 Å². The molecule has 0 atom stereocenters. The first kappa shape index (κ1) is 19.7. The number of methoxy groups -OCH3 is 1. The Morgan fingerprint density at radius 3 is 2.70 bits per heavy atom. The van der Waals surface area contributed by atoms with Gasteiger partial charge in [-0.1, -0.05) is 0 Å². The number of rotatable bonds is 8. The molecule has 0 spiro atoms. The number of halogens is 1. The number of nitrogens with zero attached hydrogens (tertiary/aromatic N) is 1. The minimum atomic E-state index is 0. The molecule has 1 aromatic heterocycles. The highest BCUT2D eigenvalue weighted by Gasteiger charge is 2.01. The number of unbranched alkanes of at least 4 members (excludes halogenated alkanes) is 2. The van der Waals surface area contributed by atoms with Crippen LogP contribution in [-0.2, 0) is 11.3 Å². The summed E-state index contributed by atoms with van der Waals surface area (Å²) in [6.45, 7) is 4.78. The van der Waals surface area contributed by atoms with Crippen molar-refractivity contribution >= 4 is 41.3 Å². The van der Waals surface area contributed by atoms with Crippen molar-refractivity contribution in [2.45, 2.75) is 32.7 Å². The molecule has 1 rings (SSSR count). The Labute approximate surface area is 143 Å². The van der Waals surface area contributed by atoms with Crippen LogP contribution in [0, 0.1) is 6.92 Å². The fourth-order valence-corrected chi connectivity index (χ4v) is 2.57. The summed E-state index contributed by atoms with van der Waals surface area (Å²) in [5.41, 5.74) is 1.34. The monoisotopic (exact) mass is 411 g/mol. The Morgan fingerprint density at radius 2 is 2.10 bits per heavy atom. The minimum Gasteiger partial charge on any atom is -0.385 e. The SMILES string of the molecule is CN=C(NCCCCCOC)NCc1sccc1C.I. The van der Waals surface area contributed by atoms with Crippen molar-refractivity contribution in [3.63, 3.8) is 0 Å². The van der Waals surface area contributed by atoms with Crippen LogP contribution in [-0.4, -0.2) is 33.3 Å². The molecule has 0 aromatic carbocycles. The Balaban J connectivity index is 0.00000361. The highest BCUT2D eigenvalue weighted by atomic mass is 127. The third-order valence-electron chi connectivity index (χ3n) is 2.93. The van der Waals surface area contributed by atoms with E-state index in [-0.39, 0.29) is 24.0 Å². The third-order valence-corrected chi connectivity index (χ3v) is 3.95. The van der Waals surface area contributed by atoms with Gasteiger partial charge in [-0.2, -0.15) is 0 Å². The van der Waals surface area contributed by atoms with Crippen LogP contribution in [0.1, 0.15) is 29.7 Å². The standard InChI is InChI=1S/C14H25N3OS.HI/c1-12-7-10-19-13(12)11-17-14(15-2)16-8-5-4-6-9-18-3;/h7,10H,4-6,8-9,11H2,1-3H3,(H2,15,16,17);1H. The van der Waals surface area contributed by atoms with Crippen LogP contribution in [0.15, 0.2) is 16.4 Å². The lowest BCUT2D eigenvalue weighted by Crippen LogP contribution is -2.37. The second kappa shape index (κ2) is 12.4. The maximum Gasteiger partial charge on any atom is 0.191 e. The van der Waals surface area contributed by atoms with Gasteiger partial charge in [-0.3, -0.25) is 4.99 Å². The predicted octanol–water partition coefficient (Wildman–Crippen LogP) is 3.16. The van der Waals surface area contributed by atoms with Crippen molar-refractivity contribution < 1.29 is 4.74 Å². The van der Waals surface area contributed by atoms with Gasteiger partial charge >= 0.3 is 0 Å². The smallest absolute Gasteiger partial charge is 0.191 e. The molecule has 0 amide bonds.